The summed E-state index contributed by atoms with van der Waals surface area (Å²) in [5, 5.41) is 8.37. The third-order valence-electron chi connectivity index (χ3n) is 4.50. The molecule has 1 unspecified atom stereocenters. The summed E-state index contributed by atoms with van der Waals surface area (Å²) >= 11 is 12.3. The van der Waals surface area contributed by atoms with E-state index >= 15 is 0 Å². The molecule has 0 aliphatic carbocycles. The molecule has 1 aliphatic heterocycles. The molecule has 9 heteroatoms. The molecule has 1 aliphatic rings. The molecule has 0 spiro atoms. The fourth-order valence-corrected chi connectivity index (χ4v) is 5.29. The molecule has 0 saturated heterocycles. The number of benzene rings is 1. The Morgan fingerprint density at radius 2 is 1.86 bits per heavy atom. The number of nitrogens with one attached hydrogen (secondary N) is 1. The molecule has 144 valence electrons. The molecule has 0 fully saturated rings. The first-order valence-electron chi connectivity index (χ1n) is 8.44. The van der Waals surface area contributed by atoms with Gasteiger partial charge in [-0.3, -0.25) is 0 Å². The number of nitrogens with zero attached hydrogens (tertiary/aromatic N) is 3. The van der Waals surface area contributed by atoms with E-state index in [9.17, 15) is 8.42 Å². The predicted octanol–water partition coefficient (Wildman–Crippen LogP) is 4.61. The Labute approximate surface area is 172 Å². The summed E-state index contributed by atoms with van der Waals surface area (Å²) in [6.07, 6.45) is 1.46. The number of rotatable bonds is 3. The Morgan fingerprint density at radius 3 is 2.54 bits per heavy atom. The Balaban J connectivity index is 1.98. The van der Waals surface area contributed by atoms with Crippen LogP contribution in [0.3, 0.4) is 0 Å². The second-order valence-corrected chi connectivity index (χ2v) is 9.16. The summed E-state index contributed by atoms with van der Waals surface area (Å²) in [6, 6.07) is 11.0. The zero-order valence-corrected chi connectivity index (χ0v) is 17.3. The van der Waals surface area contributed by atoms with Crippen LogP contribution >= 0.6 is 23.2 Å². The van der Waals surface area contributed by atoms with Gasteiger partial charge in [0.25, 0.3) is 0 Å². The van der Waals surface area contributed by atoms with Crippen LogP contribution in [0.4, 0.5) is 5.82 Å². The van der Waals surface area contributed by atoms with Crippen molar-refractivity contribution in [2.45, 2.75) is 24.9 Å². The SMILES string of the molecule is CC1=C(S(=O)(=O)c2ccccn2)C(c2ccc(Cl)c(Cl)c2)n2nc(C)cc2N1. The maximum absolute atomic E-state index is 13.5. The number of aromatic nitrogens is 3. The Kier molecular flexibility index (Phi) is 4.69. The van der Waals surface area contributed by atoms with Crippen molar-refractivity contribution in [3.63, 3.8) is 0 Å². The summed E-state index contributed by atoms with van der Waals surface area (Å²) in [5.74, 6) is 0.700. The first-order valence-corrected chi connectivity index (χ1v) is 10.7. The second-order valence-electron chi connectivity index (χ2n) is 6.48. The highest BCUT2D eigenvalue weighted by Crippen LogP contribution is 2.41. The summed E-state index contributed by atoms with van der Waals surface area (Å²) in [4.78, 5) is 4.22. The molecule has 3 aromatic rings. The predicted molar refractivity (Wildman–Crippen MR) is 109 cm³/mol. The number of halogens is 2. The van der Waals surface area contributed by atoms with Crippen LogP contribution in [-0.2, 0) is 9.84 Å². The highest BCUT2D eigenvalue weighted by molar-refractivity contribution is 7.95. The lowest BCUT2D eigenvalue weighted by atomic mass is 10.0. The van der Waals surface area contributed by atoms with E-state index in [-0.39, 0.29) is 9.93 Å². The van der Waals surface area contributed by atoms with E-state index in [2.05, 4.69) is 15.4 Å². The molecule has 0 bridgehead atoms. The van der Waals surface area contributed by atoms with E-state index in [1.165, 1.54) is 12.3 Å². The van der Waals surface area contributed by atoms with Gasteiger partial charge in [0.05, 0.1) is 20.6 Å². The first-order chi connectivity index (χ1) is 13.3. The van der Waals surface area contributed by atoms with Crippen molar-refractivity contribution in [1.82, 2.24) is 14.8 Å². The molecule has 3 heterocycles. The fourth-order valence-electron chi connectivity index (χ4n) is 3.32. The zero-order chi connectivity index (χ0) is 20.1. The molecular formula is C19H16Cl2N4O2S. The van der Waals surface area contributed by atoms with Gasteiger partial charge >= 0.3 is 0 Å². The highest BCUT2D eigenvalue weighted by Gasteiger charge is 2.38. The van der Waals surface area contributed by atoms with Crippen molar-refractivity contribution in [2.75, 3.05) is 5.32 Å². The highest BCUT2D eigenvalue weighted by atomic mass is 35.5. The average molecular weight is 435 g/mol. The summed E-state index contributed by atoms with van der Waals surface area (Å²) in [7, 11) is -3.90. The quantitative estimate of drug-likeness (QED) is 0.650. The zero-order valence-electron chi connectivity index (χ0n) is 15.0. The smallest absolute Gasteiger partial charge is 0.224 e. The minimum Gasteiger partial charge on any atom is -0.343 e. The van der Waals surface area contributed by atoms with Gasteiger partial charge in [0.1, 0.15) is 11.9 Å². The van der Waals surface area contributed by atoms with Crippen molar-refractivity contribution in [3.8, 4) is 0 Å². The molecule has 1 aromatic carbocycles. The van der Waals surface area contributed by atoms with Crippen LogP contribution in [0.25, 0.3) is 0 Å². The maximum Gasteiger partial charge on any atom is 0.224 e. The number of aryl methyl sites for hydroxylation is 1. The number of hydrogen-bond donors (Lipinski definition) is 1. The maximum atomic E-state index is 13.5. The van der Waals surface area contributed by atoms with Gasteiger partial charge in [-0.05, 0) is 43.7 Å². The number of pyridine rings is 1. The minimum absolute atomic E-state index is 0.0245. The van der Waals surface area contributed by atoms with E-state index in [0.717, 1.165) is 5.69 Å². The average Bonchev–Trinajstić information content (AvgIpc) is 3.03. The van der Waals surface area contributed by atoms with Crippen LogP contribution in [0.5, 0.6) is 0 Å². The Morgan fingerprint density at radius 1 is 1.07 bits per heavy atom. The third kappa shape index (κ3) is 3.09. The van der Waals surface area contributed by atoms with Crippen molar-refractivity contribution in [3.05, 3.63) is 80.6 Å². The number of allylic oxidation sites excluding steroid dienone is 2. The number of hydrogen-bond acceptors (Lipinski definition) is 5. The van der Waals surface area contributed by atoms with Crippen LogP contribution < -0.4 is 5.32 Å². The van der Waals surface area contributed by atoms with Gasteiger partial charge in [-0.2, -0.15) is 5.10 Å². The first kappa shape index (κ1) is 19.0. The summed E-state index contributed by atoms with van der Waals surface area (Å²) in [5.41, 5.74) is 1.93. The van der Waals surface area contributed by atoms with Crippen LogP contribution in [0.15, 0.2) is 64.3 Å². The molecule has 0 radical (unpaired) electrons. The van der Waals surface area contributed by atoms with Gasteiger partial charge < -0.3 is 5.32 Å². The lowest BCUT2D eigenvalue weighted by Gasteiger charge is -2.30. The van der Waals surface area contributed by atoms with Crippen molar-refractivity contribution >= 4 is 38.9 Å². The van der Waals surface area contributed by atoms with E-state index < -0.39 is 15.9 Å². The van der Waals surface area contributed by atoms with E-state index in [1.54, 1.807) is 41.9 Å². The summed E-state index contributed by atoms with van der Waals surface area (Å²) in [6.45, 7) is 3.58. The number of sulfone groups is 1. The topological polar surface area (TPSA) is 76.9 Å². The monoisotopic (exact) mass is 434 g/mol. The molecule has 0 saturated carbocycles. The molecule has 2 aromatic heterocycles. The van der Waals surface area contributed by atoms with Crippen LogP contribution in [0, 0.1) is 6.92 Å². The molecular weight excluding hydrogens is 419 g/mol. The third-order valence-corrected chi connectivity index (χ3v) is 7.14. The second kappa shape index (κ2) is 6.92. The molecule has 0 amide bonds. The van der Waals surface area contributed by atoms with Crippen LogP contribution in [0.1, 0.15) is 24.2 Å². The summed E-state index contributed by atoms with van der Waals surface area (Å²) < 4.78 is 28.6. The molecule has 1 atom stereocenters. The molecule has 4 rings (SSSR count). The van der Waals surface area contributed by atoms with Crippen molar-refractivity contribution in [1.29, 1.82) is 0 Å². The Bertz CT molecular complexity index is 1200. The lowest BCUT2D eigenvalue weighted by Crippen LogP contribution is -2.29. The van der Waals surface area contributed by atoms with E-state index in [4.69, 9.17) is 23.2 Å². The van der Waals surface area contributed by atoms with Gasteiger partial charge in [-0.25, -0.2) is 18.1 Å². The van der Waals surface area contributed by atoms with Gasteiger partial charge in [0.2, 0.25) is 9.84 Å². The molecule has 6 nitrogen and oxygen atoms in total. The number of fused-ring (bicyclic) bond motifs is 1. The fraction of sp³-hybridized carbons (Fsp3) is 0.158. The van der Waals surface area contributed by atoms with Gasteiger partial charge in [0, 0.05) is 18.0 Å². The minimum atomic E-state index is -3.90. The number of anilines is 1. The van der Waals surface area contributed by atoms with E-state index in [0.29, 0.717) is 27.1 Å². The largest absolute Gasteiger partial charge is 0.343 e. The van der Waals surface area contributed by atoms with Crippen LogP contribution in [-0.4, -0.2) is 23.2 Å². The van der Waals surface area contributed by atoms with Crippen molar-refractivity contribution < 1.29 is 8.42 Å². The van der Waals surface area contributed by atoms with Gasteiger partial charge in [0.15, 0.2) is 5.03 Å². The van der Waals surface area contributed by atoms with Gasteiger partial charge in [-0.1, -0.05) is 35.3 Å². The Hall–Kier alpha value is -2.35. The van der Waals surface area contributed by atoms with Crippen molar-refractivity contribution in [2.24, 2.45) is 0 Å². The molecule has 1 N–H and O–H groups in total. The van der Waals surface area contributed by atoms with E-state index in [1.807, 2.05) is 13.0 Å². The van der Waals surface area contributed by atoms with Gasteiger partial charge in [-0.15, -0.1) is 0 Å². The molecule has 28 heavy (non-hydrogen) atoms. The lowest BCUT2D eigenvalue weighted by molar-refractivity contribution is 0.561. The standard InChI is InChI=1S/C19H16Cl2N4O2S/c1-11-9-16-23-12(2)19(28(26,27)17-5-3-4-8-22-17)18(25(16)24-11)13-6-7-14(20)15(21)10-13/h3-10,18,23H,1-2H3. The van der Waals surface area contributed by atoms with Crippen LogP contribution in [0.2, 0.25) is 10.0 Å². The normalized spacial score (nSPS) is 16.6.